The summed E-state index contributed by atoms with van der Waals surface area (Å²) in [6.07, 6.45) is 3.83. The lowest BCUT2D eigenvalue weighted by molar-refractivity contribution is 0.00396. The number of benzene rings is 1. The number of aliphatic hydroxyl groups is 1. The van der Waals surface area contributed by atoms with Crippen molar-refractivity contribution in [2.24, 2.45) is 17.5 Å². The highest BCUT2D eigenvalue weighted by atomic mass is 127. The summed E-state index contributed by atoms with van der Waals surface area (Å²) < 4.78 is 7.18. The number of hydrogen-bond acceptors (Lipinski definition) is 5. The maximum absolute atomic E-state index is 10.5. The molecule has 0 aliphatic heterocycles. The van der Waals surface area contributed by atoms with Crippen molar-refractivity contribution in [3.63, 3.8) is 0 Å². The summed E-state index contributed by atoms with van der Waals surface area (Å²) in [4.78, 5) is 4.76. The van der Waals surface area contributed by atoms with Crippen molar-refractivity contribution < 1.29 is 9.84 Å². The molecule has 2 aromatic rings. The molecule has 0 amide bonds. The van der Waals surface area contributed by atoms with E-state index >= 15 is 0 Å². The molecule has 1 aromatic heterocycles. The molecular formula is C22H35IN6O2. The molecule has 1 heterocycles. The molecule has 0 saturated heterocycles. The van der Waals surface area contributed by atoms with Crippen LogP contribution in [0.25, 0.3) is 0 Å². The first kappa shape index (κ1) is 25.4. The fourth-order valence-corrected chi connectivity index (χ4v) is 3.72. The smallest absolute Gasteiger partial charge is 0.191 e. The number of methoxy groups -OCH3 is 1. The van der Waals surface area contributed by atoms with Crippen LogP contribution in [-0.2, 0) is 20.1 Å². The summed E-state index contributed by atoms with van der Waals surface area (Å²) in [6.45, 7) is 5.80. The van der Waals surface area contributed by atoms with Crippen molar-refractivity contribution in [2.75, 3.05) is 13.7 Å². The monoisotopic (exact) mass is 542 g/mol. The molecule has 2 unspecified atom stereocenters. The number of guanidine groups is 1. The van der Waals surface area contributed by atoms with Gasteiger partial charge in [0.05, 0.1) is 26.3 Å². The number of aliphatic hydroxyl groups excluding tert-OH is 1. The van der Waals surface area contributed by atoms with Gasteiger partial charge in [-0.05, 0) is 37.5 Å². The summed E-state index contributed by atoms with van der Waals surface area (Å²) in [5.74, 6) is 3.24. The highest BCUT2D eigenvalue weighted by molar-refractivity contribution is 14.0. The minimum atomic E-state index is -0.289. The number of aliphatic imine (C=N–C) groups is 1. The zero-order valence-electron chi connectivity index (χ0n) is 18.9. The number of hydrogen-bond donors (Lipinski definition) is 3. The maximum Gasteiger partial charge on any atom is 0.191 e. The lowest BCUT2D eigenvalue weighted by Crippen LogP contribution is -2.48. The molecule has 1 saturated carbocycles. The third kappa shape index (κ3) is 6.80. The molecule has 3 N–H and O–H groups in total. The summed E-state index contributed by atoms with van der Waals surface area (Å²) in [7, 11) is 3.61. The predicted molar refractivity (Wildman–Crippen MR) is 133 cm³/mol. The summed E-state index contributed by atoms with van der Waals surface area (Å²) >= 11 is 0. The minimum absolute atomic E-state index is 0. The summed E-state index contributed by atoms with van der Waals surface area (Å²) in [5.41, 5.74) is 0.942. The lowest BCUT2D eigenvalue weighted by Gasteiger charge is -2.38. The molecule has 2 atom stereocenters. The Morgan fingerprint density at radius 3 is 2.61 bits per heavy atom. The lowest BCUT2D eigenvalue weighted by atomic mass is 9.73. The second-order valence-electron chi connectivity index (χ2n) is 8.36. The molecule has 1 aliphatic carbocycles. The van der Waals surface area contributed by atoms with Gasteiger partial charge in [0.25, 0.3) is 0 Å². The number of halogens is 1. The standard InChI is InChI=1S/C22H34N6O2.HI/c1-16-26-27-20(28(16)3)14-24-21(23-13-17-8-10-18(30-4)11-9-17)25-15-22(2)12-6-5-7-19(22)29;/h8-11,19,29H,5-7,12-15H2,1-4H3,(H2,23,24,25);1H. The van der Waals surface area contributed by atoms with Gasteiger partial charge in [0.1, 0.15) is 11.6 Å². The van der Waals surface area contributed by atoms with E-state index in [2.05, 4.69) is 27.8 Å². The average molecular weight is 542 g/mol. The molecule has 1 fully saturated rings. The minimum Gasteiger partial charge on any atom is -0.497 e. The zero-order valence-corrected chi connectivity index (χ0v) is 21.2. The predicted octanol–water partition coefficient (Wildman–Crippen LogP) is 2.93. The van der Waals surface area contributed by atoms with Gasteiger partial charge in [0, 0.05) is 19.0 Å². The molecule has 1 aliphatic rings. The van der Waals surface area contributed by atoms with E-state index in [9.17, 15) is 5.11 Å². The normalized spacial score (nSPS) is 21.3. The van der Waals surface area contributed by atoms with E-state index in [-0.39, 0.29) is 35.5 Å². The van der Waals surface area contributed by atoms with Crippen LogP contribution in [0.2, 0.25) is 0 Å². The highest BCUT2D eigenvalue weighted by Gasteiger charge is 2.35. The van der Waals surface area contributed by atoms with Crippen LogP contribution in [-0.4, -0.2) is 45.6 Å². The van der Waals surface area contributed by atoms with Crippen molar-refractivity contribution >= 4 is 29.9 Å². The highest BCUT2D eigenvalue weighted by Crippen LogP contribution is 2.35. The number of ether oxygens (including phenoxy) is 1. The van der Waals surface area contributed by atoms with Gasteiger partial charge in [-0.25, -0.2) is 4.99 Å². The first-order valence-corrected chi connectivity index (χ1v) is 10.6. The largest absolute Gasteiger partial charge is 0.497 e. The van der Waals surface area contributed by atoms with Crippen LogP contribution in [0.4, 0.5) is 0 Å². The van der Waals surface area contributed by atoms with Crippen LogP contribution in [0, 0.1) is 12.3 Å². The number of nitrogens with one attached hydrogen (secondary N) is 2. The van der Waals surface area contributed by atoms with Gasteiger partial charge >= 0.3 is 0 Å². The van der Waals surface area contributed by atoms with Gasteiger partial charge in [0.15, 0.2) is 11.8 Å². The first-order valence-electron chi connectivity index (χ1n) is 10.6. The van der Waals surface area contributed by atoms with Gasteiger partial charge in [-0.3, -0.25) is 0 Å². The summed E-state index contributed by atoms with van der Waals surface area (Å²) in [6, 6.07) is 7.90. The van der Waals surface area contributed by atoms with Gasteiger partial charge in [-0.1, -0.05) is 31.9 Å². The van der Waals surface area contributed by atoms with Gasteiger partial charge in [-0.2, -0.15) is 0 Å². The van der Waals surface area contributed by atoms with Crippen molar-refractivity contribution in [3.05, 3.63) is 41.5 Å². The Bertz CT molecular complexity index is 854. The molecule has 0 bridgehead atoms. The van der Waals surface area contributed by atoms with E-state index in [1.165, 1.54) is 0 Å². The van der Waals surface area contributed by atoms with E-state index < -0.39 is 0 Å². The van der Waals surface area contributed by atoms with Crippen LogP contribution >= 0.6 is 24.0 Å². The van der Waals surface area contributed by atoms with E-state index in [0.717, 1.165) is 48.6 Å². The van der Waals surface area contributed by atoms with E-state index in [1.54, 1.807) is 7.11 Å². The fourth-order valence-electron chi connectivity index (χ4n) is 3.72. The third-order valence-electron chi connectivity index (χ3n) is 6.12. The Kier molecular flexibility index (Phi) is 9.54. The fraction of sp³-hybridized carbons (Fsp3) is 0.591. The number of aromatic nitrogens is 3. The molecule has 172 valence electrons. The second-order valence-corrected chi connectivity index (χ2v) is 8.36. The van der Waals surface area contributed by atoms with E-state index in [4.69, 9.17) is 9.73 Å². The van der Waals surface area contributed by atoms with E-state index in [1.807, 2.05) is 42.8 Å². The first-order chi connectivity index (χ1) is 14.4. The maximum atomic E-state index is 10.5. The molecule has 0 spiro atoms. The van der Waals surface area contributed by atoms with Gasteiger partial charge < -0.3 is 25.0 Å². The molecule has 1 aromatic carbocycles. The Morgan fingerprint density at radius 2 is 2.00 bits per heavy atom. The number of rotatable bonds is 7. The Hall–Kier alpha value is -1.88. The van der Waals surface area contributed by atoms with E-state index in [0.29, 0.717) is 25.6 Å². The number of nitrogens with zero attached hydrogens (tertiary/aromatic N) is 4. The quantitative estimate of drug-likeness (QED) is 0.283. The molecular weight excluding hydrogens is 507 g/mol. The molecule has 8 nitrogen and oxygen atoms in total. The van der Waals surface area contributed by atoms with Crippen LogP contribution in [0.1, 0.15) is 49.8 Å². The molecule has 0 radical (unpaired) electrons. The van der Waals surface area contributed by atoms with Crippen molar-refractivity contribution in [2.45, 2.75) is 58.7 Å². The Labute approximate surface area is 201 Å². The topological polar surface area (TPSA) is 96.6 Å². The van der Waals surface area contributed by atoms with Crippen molar-refractivity contribution in [1.29, 1.82) is 0 Å². The van der Waals surface area contributed by atoms with Crippen LogP contribution in [0.3, 0.4) is 0 Å². The van der Waals surface area contributed by atoms with Crippen molar-refractivity contribution in [3.8, 4) is 5.75 Å². The van der Waals surface area contributed by atoms with Gasteiger partial charge in [0.2, 0.25) is 0 Å². The SMILES string of the molecule is COc1ccc(CN=C(NCc2nnc(C)n2C)NCC2(C)CCCCC2O)cc1.I. The molecule has 31 heavy (non-hydrogen) atoms. The van der Waals surface area contributed by atoms with Gasteiger partial charge in [-0.15, -0.1) is 34.2 Å². The van der Waals surface area contributed by atoms with Crippen molar-refractivity contribution in [1.82, 2.24) is 25.4 Å². The number of aryl methyl sites for hydroxylation is 1. The Morgan fingerprint density at radius 1 is 1.26 bits per heavy atom. The molecule has 3 rings (SSSR count). The summed E-state index contributed by atoms with van der Waals surface area (Å²) in [5, 5.41) is 25.6. The van der Waals surface area contributed by atoms with Crippen LogP contribution in [0.5, 0.6) is 5.75 Å². The molecule has 9 heteroatoms. The Balaban J connectivity index is 0.00000341. The third-order valence-corrected chi connectivity index (χ3v) is 6.12. The second kappa shape index (κ2) is 11.7. The van der Waals surface area contributed by atoms with Crippen LogP contribution in [0.15, 0.2) is 29.3 Å². The zero-order chi connectivity index (χ0) is 21.6. The average Bonchev–Trinajstić information content (AvgIpc) is 3.08. The van der Waals surface area contributed by atoms with Crippen LogP contribution < -0.4 is 15.4 Å².